The van der Waals surface area contributed by atoms with Gasteiger partial charge in [0.2, 0.25) is 11.8 Å². The molecule has 3 N–H and O–H groups in total. The van der Waals surface area contributed by atoms with Crippen molar-refractivity contribution in [1.29, 1.82) is 0 Å². The summed E-state index contributed by atoms with van der Waals surface area (Å²) in [7, 11) is 1.59. The van der Waals surface area contributed by atoms with Gasteiger partial charge in [0.15, 0.2) is 0 Å². The zero-order chi connectivity index (χ0) is 15.4. The lowest BCUT2D eigenvalue weighted by Crippen LogP contribution is -2.57. The van der Waals surface area contributed by atoms with Gasteiger partial charge in [-0.1, -0.05) is 13.3 Å². The van der Waals surface area contributed by atoms with Gasteiger partial charge in [-0.15, -0.1) is 0 Å². The van der Waals surface area contributed by atoms with E-state index in [2.05, 4.69) is 5.32 Å². The number of carbonyl (C=O) groups is 2. The van der Waals surface area contributed by atoms with Crippen molar-refractivity contribution in [3.63, 3.8) is 0 Å². The molecular formula is C15H27N3O3. The third-order valence-electron chi connectivity index (χ3n) is 4.81. The van der Waals surface area contributed by atoms with Gasteiger partial charge >= 0.3 is 0 Å². The van der Waals surface area contributed by atoms with Gasteiger partial charge in [0.25, 0.3) is 0 Å². The number of ether oxygens (including phenoxy) is 1. The highest BCUT2D eigenvalue weighted by Gasteiger charge is 2.37. The summed E-state index contributed by atoms with van der Waals surface area (Å²) in [5.41, 5.74) is 6.03. The van der Waals surface area contributed by atoms with E-state index in [9.17, 15) is 9.59 Å². The normalized spacial score (nSPS) is 31.6. The zero-order valence-electron chi connectivity index (χ0n) is 13.0. The minimum absolute atomic E-state index is 0.0611. The summed E-state index contributed by atoms with van der Waals surface area (Å²) in [5.74, 6) is 0.151. The number of nitrogens with zero attached hydrogens (tertiary/aromatic N) is 1. The van der Waals surface area contributed by atoms with Crippen LogP contribution in [0, 0.1) is 11.8 Å². The molecule has 0 bridgehead atoms. The van der Waals surface area contributed by atoms with Gasteiger partial charge in [-0.05, 0) is 25.2 Å². The van der Waals surface area contributed by atoms with E-state index in [4.69, 9.17) is 10.5 Å². The summed E-state index contributed by atoms with van der Waals surface area (Å²) in [5, 5.41) is 2.61. The number of hydrogen-bond donors (Lipinski definition) is 2. The average Bonchev–Trinajstić information content (AvgIpc) is 2.52. The molecule has 2 aliphatic rings. The smallest absolute Gasteiger partial charge is 0.244 e. The lowest BCUT2D eigenvalue weighted by Gasteiger charge is -2.38. The molecule has 2 fully saturated rings. The van der Waals surface area contributed by atoms with Crippen LogP contribution in [0.3, 0.4) is 0 Å². The molecule has 0 aromatic rings. The first-order valence-electron chi connectivity index (χ1n) is 7.90. The second kappa shape index (κ2) is 7.22. The Labute approximate surface area is 126 Å². The number of rotatable bonds is 3. The maximum atomic E-state index is 12.8. The highest BCUT2D eigenvalue weighted by atomic mass is 16.5. The molecule has 6 nitrogen and oxygen atoms in total. The molecule has 1 saturated heterocycles. The van der Waals surface area contributed by atoms with Gasteiger partial charge in [0, 0.05) is 25.6 Å². The molecule has 1 saturated carbocycles. The molecule has 0 aromatic carbocycles. The van der Waals surface area contributed by atoms with Crippen molar-refractivity contribution in [2.24, 2.45) is 17.6 Å². The maximum Gasteiger partial charge on any atom is 0.244 e. The SMILES string of the molecule is CNC(=O)C1COCCN1C(=O)C(C)C1CCCC(N)C1. The summed E-state index contributed by atoms with van der Waals surface area (Å²) in [6.45, 7) is 3.24. The van der Waals surface area contributed by atoms with Crippen LogP contribution in [0.1, 0.15) is 32.6 Å². The van der Waals surface area contributed by atoms with Crippen molar-refractivity contribution in [3.8, 4) is 0 Å². The highest BCUT2D eigenvalue weighted by molar-refractivity contribution is 5.88. The van der Waals surface area contributed by atoms with Gasteiger partial charge in [-0.2, -0.15) is 0 Å². The predicted octanol–water partition coefficient (Wildman–Crippen LogP) is 0.113. The molecule has 2 amide bonds. The first-order chi connectivity index (χ1) is 10.0. The maximum absolute atomic E-state index is 12.8. The van der Waals surface area contributed by atoms with Gasteiger partial charge < -0.3 is 20.7 Å². The number of nitrogens with one attached hydrogen (secondary N) is 1. The fourth-order valence-electron chi connectivity index (χ4n) is 3.44. The first-order valence-corrected chi connectivity index (χ1v) is 7.90. The Morgan fingerprint density at radius 2 is 2.14 bits per heavy atom. The van der Waals surface area contributed by atoms with Crippen molar-refractivity contribution in [3.05, 3.63) is 0 Å². The third-order valence-corrected chi connectivity index (χ3v) is 4.81. The van der Waals surface area contributed by atoms with Crippen LogP contribution in [0.4, 0.5) is 0 Å². The van der Waals surface area contributed by atoms with Crippen LogP contribution in [0.2, 0.25) is 0 Å². The van der Waals surface area contributed by atoms with Crippen LogP contribution in [0.5, 0.6) is 0 Å². The predicted molar refractivity (Wildman–Crippen MR) is 79.5 cm³/mol. The Hall–Kier alpha value is -1.14. The second-order valence-electron chi connectivity index (χ2n) is 6.21. The van der Waals surface area contributed by atoms with Crippen molar-refractivity contribution in [2.45, 2.75) is 44.7 Å². The number of morpholine rings is 1. The molecule has 1 aliphatic carbocycles. The third kappa shape index (κ3) is 3.74. The van der Waals surface area contributed by atoms with Crippen LogP contribution < -0.4 is 11.1 Å². The molecule has 120 valence electrons. The van der Waals surface area contributed by atoms with Crippen LogP contribution in [-0.2, 0) is 14.3 Å². The van der Waals surface area contributed by atoms with E-state index in [0.29, 0.717) is 19.1 Å². The van der Waals surface area contributed by atoms with E-state index in [-0.39, 0.29) is 30.4 Å². The average molecular weight is 297 g/mol. The Morgan fingerprint density at radius 3 is 2.81 bits per heavy atom. The molecule has 0 aromatic heterocycles. The summed E-state index contributed by atoms with van der Waals surface area (Å²) < 4.78 is 5.35. The number of hydrogen-bond acceptors (Lipinski definition) is 4. The Morgan fingerprint density at radius 1 is 1.38 bits per heavy atom. The topological polar surface area (TPSA) is 84.7 Å². The van der Waals surface area contributed by atoms with E-state index in [1.807, 2.05) is 6.92 Å². The number of likely N-dealkylation sites (N-methyl/N-ethyl adjacent to an activating group) is 1. The van der Waals surface area contributed by atoms with E-state index in [1.165, 1.54) is 0 Å². The van der Waals surface area contributed by atoms with E-state index < -0.39 is 6.04 Å². The summed E-state index contributed by atoms with van der Waals surface area (Å²) >= 11 is 0. The second-order valence-corrected chi connectivity index (χ2v) is 6.21. The molecule has 4 unspecified atom stereocenters. The number of amides is 2. The summed E-state index contributed by atoms with van der Waals surface area (Å²) in [4.78, 5) is 26.4. The molecule has 0 spiro atoms. The minimum atomic E-state index is -0.504. The Balaban J connectivity index is 2.03. The molecule has 6 heteroatoms. The summed E-state index contributed by atoms with van der Waals surface area (Å²) in [6.07, 6.45) is 4.10. The fourth-order valence-corrected chi connectivity index (χ4v) is 3.44. The van der Waals surface area contributed by atoms with Gasteiger partial charge in [-0.3, -0.25) is 9.59 Å². The lowest BCUT2D eigenvalue weighted by molar-refractivity contribution is -0.152. The lowest BCUT2D eigenvalue weighted by atomic mass is 9.78. The Kier molecular flexibility index (Phi) is 5.58. The monoisotopic (exact) mass is 297 g/mol. The van der Waals surface area contributed by atoms with Crippen molar-refractivity contribution >= 4 is 11.8 Å². The van der Waals surface area contributed by atoms with Crippen molar-refractivity contribution < 1.29 is 14.3 Å². The van der Waals surface area contributed by atoms with Crippen LogP contribution in [-0.4, -0.2) is 55.6 Å². The van der Waals surface area contributed by atoms with Crippen molar-refractivity contribution in [1.82, 2.24) is 10.2 Å². The van der Waals surface area contributed by atoms with Gasteiger partial charge in [0.1, 0.15) is 6.04 Å². The number of nitrogens with two attached hydrogens (primary N) is 1. The van der Waals surface area contributed by atoms with Crippen LogP contribution >= 0.6 is 0 Å². The Bertz CT molecular complexity index is 388. The highest BCUT2D eigenvalue weighted by Crippen LogP contribution is 2.31. The minimum Gasteiger partial charge on any atom is -0.377 e. The zero-order valence-corrected chi connectivity index (χ0v) is 13.0. The quantitative estimate of drug-likeness (QED) is 0.774. The standard InChI is InChI=1S/C15H27N3O3/c1-10(11-4-3-5-12(16)8-11)15(20)18-6-7-21-9-13(18)14(19)17-2/h10-13H,3-9,16H2,1-2H3,(H,17,19). The summed E-state index contributed by atoms with van der Waals surface area (Å²) in [6, 6.07) is -0.297. The van der Waals surface area contributed by atoms with Gasteiger partial charge in [0.05, 0.1) is 13.2 Å². The van der Waals surface area contributed by atoms with Crippen molar-refractivity contribution in [2.75, 3.05) is 26.8 Å². The number of carbonyl (C=O) groups excluding carboxylic acids is 2. The molecule has 4 atom stereocenters. The molecule has 0 radical (unpaired) electrons. The molecule has 2 rings (SSSR count). The van der Waals surface area contributed by atoms with Gasteiger partial charge in [-0.25, -0.2) is 0 Å². The van der Waals surface area contributed by atoms with E-state index in [1.54, 1.807) is 11.9 Å². The molecule has 21 heavy (non-hydrogen) atoms. The molecule has 1 heterocycles. The van der Waals surface area contributed by atoms with Crippen LogP contribution in [0.15, 0.2) is 0 Å². The van der Waals surface area contributed by atoms with E-state index >= 15 is 0 Å². The molecular weight excluding hydrogens is 270 g/mol. The first kappa shape index (κ1) is 16.2. The van der Waals surface area contributed by atoms with Crippen LogP contribution in [0.25, 0.3) is 0 Å². The fraction of sp³-hybridized carbons (Fsp3) is 0.867. The largest absolute Gasteiger partial charge is 0.377 e. The van der Waals surface area contributed by atoms with E-state index in [0.717, 1.165) is 25.7 Å². The molecule has 1 aliphatic heterocycles.